The van der Waals surface area contributed by atoms with E-state index in [1.165, 1.54) is 11.1 Å². The molecular weight excluding hydrogens is 538 g/mol. The van der Waals surface area contributed by atoms with Gasteiger partial charge >= 0.3 is 8.25 Å². The second-order valence-corrected chi connectivity index (χ2v) is 11.3. The second kappa shape index (κ2) is 11.1. The van der Waals surface area contributed by atoms with E-state index in [1.807, 2.05) is 84.9 Å². The van der Waals surface area contributed by atoms with Gasteiger partial charge in [-0.3, -0.25) is 13.6 Å². The molecule has 0 radical (unpaired) electrons. The van der Waals surface area contributed by atoms with Crippen LogP contribution in [0.2, 0.25) is 10.0 Å². The molecule has 6 rings (SSSR count). The Morgan fingerprint density at radius 1 is 0.605 bits per heavy atom. The van der Waals surface area contributed by atoms with Gasteiger partial charge in [0, 0.05) is 45.6 Å². The maximum atomic E-state index is 13.7. The highest BCUT2D eigenvalue weighted by molar-refractivity contribution is 7.33. The summed E-state index contributed by atoms with van der Waals surface area (Å²) in [6.07, 6.45) is 0.632. The fourth-order valence-electron chi connectivity index (χ4n) is 5.32. The molecule has 4 aromatic carbocycles. The summed E-state index contributed by atoms with van der Waals surface area (Å²) >= 11 is 12.3. The van der Waals surface area contributed by atoms with Crippen molar-refractivity contribution in [2.24, 2.45) is 0 Å². The zero-order chi connectivity index (χ0) is 26.1. The predicted molar refractivity (Wildman–Crippen MR) is 155 cm³/mol. The van der Waals surface area contributed by atoms with Crippen LogP contribution in [0.3, 0.4) is 0 Å². The fraction of sp³-hybridized carbons (Fsp3) is 0.200. The van der Waals surface area contributed by atoms with Gasteiger partial charge < -0.3 is 9.80 Å². The molecule has 0 spiro atoms. The summed E-state index contributed by atoms with van der Waals surface area (Å²) in [5.74, 6) is 0. The van der Waals surface area contributed by atoms with Crippen molar-refractivity contribution in [3.63, 3.8) is 0 Å². The van der Waals surface area contributed by atoms with Gasteiger partial charge in [0.1, 0.15) is 0 Å². The molecule has 0 saturated heterocycles. The minimum Gasteiger partial charge on any atom is -0.342 e. The summed E-state index contributed by atoms with van der Waals surface area (Å²) in [6, 6.07) is 31.6. The molecule has 0 aromatic heterocycles. The Labute approximate surface area is 233 Å². The molecule has 2 heterocycles. The Hall–Kier alpha value is -2.79. The first-order valence-electron chi connectivity index (χ1n) is 12.6. The number of anilines is 2. The molecule has 194 valence electrons. The van der Waals surface area contributed by atoms with Crippen molar-refractivity contribution in [3.05, 3.63) is 129 Å². The molecule has 0 amide bonds. The maximum Gasteiger partial charge on any atom is 0.323 e. The Morgan fingerprint density at radius 3 is 1.42 bits per heavy atom. The highest BCUT2D eigenvalue weighted by atomic mass is 35.5. The Kier molecular flexibility index (Phi) is 7.47. The van der Waals surface area contributed by atoms with Crippen molar-refractivity contribution in [2.45, 2.75) is 25.3 Å². The van der Waals surface area contributed by atoms with Crippen molar-refractivity contribution in [1.82, 2.24) is 0 Å². The van der Waals surface area contributed by atoms with Gasteiger partial charge in [-0.25, -0.2) is 0 Å². The third-order valence-electron chi connectivity index (χ3n) is 7.18. The lowest BCUT2D eigenvalue weighted by Crippen LogP contribution is -2.37. The minimum atomic E-state index is -2.95. The number of hydrogen-bond donors (Lipinski definition) is 0. The normalized spacial score (nSPS) is 18.8. The fourth-order valence-corrected chi connectivity index (χ4v) is 6.50. The van der Waals surface area contributed by atoms with Crippen molar-refractivity contribution in [3.8, 4) is 0 Å². The van der Waals surface area contributed by atoms with Gasteiger partial charge in [-0.1, -0.05) is 71.7 Å². The molecule has 38 heavy (non-hydrogen) atoms. The van der Waals surface area contributed by atoms with E-state index < -0.39 is 20.7 Å². The Bertz CT molecular complexity index is 1340. The lowest BCUT2D eigenvalue weighted by atomic mass is 9.98. The first kappa shape index (κ1) is 25.5. The van der Waals surface area contributed by atoms with Gasteiger partial charge in [-0.2, -0.15) is 0 Å². The summed E-state index contributed by atoms with van der Waals surface area (Å²) in [6.45, 7) is 1.45. The molecule has 0 bridgehead atoms. The number of halogens is 2. The van der Waals surface area contributed by atoms with E-state index >= 15 is 0 Å². The predicted octanol–water partition coefficient (Wildman–Crippen LogP) is 8.24. The lowest BCUT2D eigenvalue weighted by molar-refractivity contribution is 0.119. The monoisotopic (exact) mass is 564 g/mol. The zero-order valence-corrected chi connectivity index (χ0v) is 23.1. The summed E-state index contributed by atoms with van der Waals surface area (Å²) in [5.41, 5.74) is 6.26. The van der Waals surface area contributed by atoms with Crippen LogP contribution < -0.4 is 9.80 Å². The van der Waals surface area contributed by atoms with Crippen molar-refractivity contribution in [2.75, 3.05) is 22.9 Å². The molecule has 8 heteroatoms. The maximum absolute atomic E-state index is 13.7. The van der Waals surface area contributed by atoms with Crippen LogP contribution >= 0.6 is 31.5 Å². The van der Waals surface area contributed by atoms with E-state index in [2.05, 4.69) is 21.9 Å². The van der Waals surface area contributed by atoms with Crippen LogP contribution in [0, 0.1) is 0 Å². The average Bonchev–Trinajstić information content (AvgIpc) is 2.94. The molecule has 4 aromatic rings. The third kappa shape index (κ3) is 5.22. The van der Waals surface area contributed by atoms with E-state index in [0.29, 0.717) is 10.0 Å². The van der Waals surface area contributed by atoms with E-state index in [-0.39, 0.29) is 0 Å². The Balaban J connectivity index is 1.31. The van der Waals surface area contributed by atoms with E-state index in [9.17, 15) is 4.57 Å². The Morgan fingerprint density at radius 2 is 1.00 bits per heavy atom. The first-order valence-corrected chi connectivity index (χ1v) is 14.6. The number of fused-ring (bicyclic) bond motifs is 2. The summed E-state index contributed by atoms with van der Waals surface area (Å²) in [7, 11) is -2.95. The lowest BCUT2D eigenvalue weighted by Gasteiger charge is -2.40. The van der Waals surface area contributed by atoms with E-state index in [1.54, 1.807) is 0 Å². The molecule has 0 N–H and O–H groups in total. The van der Waals surface area contributed by atoms with Crippen LogP contribution in [0.25, 0.3) is 0 Å². The molecule has 2 atom stereocenters. The van der Waals surface area contributed by atoms with Crippen molar-refractivity contribution >= 4 is 42.8 Å². The number of benzene rings is 4. The highest BCUT2D eigenvalue weighted by Gasteiger charge is 2.34. The summed E-state index contributed by atoms with van der Waals surface area (Å²) < 4.78 is 26.3. The molecule has 2 aliphatic heterocycles. The largest absolute Gasteiger partial charge is 0.342 e. The summed E-state index contributed by atoms with van der Waals surface area (Å²) in [4.78, 5) is 4.24. The van der Waals surface area contributed by atoms with Crippen molar-refractivity contribution < 1.29 is 13.6 Å². The van der Waals surface area contributed by atoms with Crippen LogP contribution in [0.5, 0.6) is 0 Å². The van der Waals surface area contributed by atoms with Gasteiger partial charge in [0.05, 0.1) is 0 Å². The van der Waals surface area contributed by atoms with Crippen LogP contribution in [0.1, 0.15) is 34.7 Å². The molecule has 0 fully saturated rings. The molecule has 0 aliphatic carbocycles. The third-order valence-corrected chi connectivity index (χ3v) is 8.52. The average molecular weight is 565 g/mol. The molecular formula is C30H27Cl2N2O3P. The second-order valence-electron chi connectivity index (χ2n) is 9.43. The van der Waals surface area contributed by atoms with Gasteiger partial charge in [0.25, 0.3) is 0 Å². The minimum absolute atomic E-state index is 0.546. The van der Waals surface area contributed by atoms with Crippen LogP contribution in [0.15, 0.2) is 97.1 Å². The van der Waals surface area contributed by atoms with Crippen LogP contribution in [-0.2, 0) is 26.5 Å². The van der Waals surface area contributed by atoms with E-state index in [0.717, 1.165) is 48.4 Å². The molecule has 2 aliphatic rings. The molecule has 0 saturated carbocycles. The van der Waals surface area contributed by atoms with E-state index in [4.69, 9.17) is 32.2 Å². The highest BCUT2D eigenvalue weighted by Crippen LogP contribution is 2.46. The topological polar surface area (TPSA) is 42.0 Å². The molecule has 0 unspecified atom stereocenters. The first-order chi connectivity index (χ1) is 18.6. The number of nitrogens with zero attached hydrogens (tertiary/aromatic N) is 2. The van der Waals surface area contributed by atoms with Gasteiger partial charge in [-0.15, -0.1) is 0 Å². The SMILES string of the molecule is O=[PH](O[C@H]1c2ccccc2CCN1c1ccc(Cl)cc1)O[C@H]1c2ccccc2CCN1c1ccc(Cl)cc1. The number of hydrogen-bond acceptors (Lipinski definition) is 5. The molecule has 5 nitrogen and oxygen atoms in total. The van der Waals surface area contributed by atoms with Gasteiger partial charge in [0.15, 0.2) is 12.5 Å². The zero-order valence-electron chi connectivity index (χ0n) is 20.6. The van der Waals surface area contributed by atoms with Crippen LogP contribution in [-0.4, -0.2) is 13.1 Å². The van der Waals surface area contributed by atoms with Gasteiger partial charge in [-0.05, 0) is 72.5 Å². The summed E-state index contributed by atoms with van der Waals surface area (Å²) in [5, 5.41) is 1.33. The van der Waals surface area contributed by atoms with Crippen LogP contribution in [0.4, 0.5) is 11.4 Å². The van der Waals surface area contributed by atoms with Crippen molar-refractivity contribution in [1.29, 1.82) is 0 Å². The number of rotatable bonds is 6. The standard InChI is InChI=1S/C30H27Cl2N2O3P/c31-23-9-13-25(14-10-23)33-19-17-21-5-1-3-7-27(21)29(33)36-38(35)37-30-28-8-4-2-6-22(28)18-20-34(30)26-15-11-24(32)12-16-26/h1-16,29-30,38H,17-20H2/t29-,30-/m0/s1. The smallest absolute Gasteiger partial charge is 0.323 e. The quantitative estimate of drug-likeness (QED) is 0.220. The van der Waals surface area contributed by atoms with Gasteiger partial charge in [0.2, 0.25) is 0 Å².